The van der Waals surface area contributed by atoms with Crippen LogP contribution in [0.4, 0.5) is 0 Å². The summed E-state index contributed by atoms with van der Waals surface area (Å²) in [5.74, 6) is 0. The Morgan fingerprint density at radius 1 is 1.46 bits per heavy atom. The Bertz CT molecular complexity index is 338. The third-order valence-electron chi connectivity index (χ3n) is 2.44. The van der Waals surface area contributed by atoms with Gasteiger partial charge in [0.25, 0.3) is 0 Å². The SMILES string of the molecule is CSc1nc(C)c2c(n1)CCC2N. The highest BCUT2D eigenvalue weighted by atomic mass is 32.2. The highest BCUT2D eigenvalue weighted by Crippen LogP contribution is 2.30. The van der Waals surface area contributed by atoms with Crippen LogP contribution in [-0.2, 0) is 6.42 Å². The first-order valence-corrected chi connectivity index (χ1v) is 5.62. The molecule has 1 atom stereocenters. The molecule has 0 aromatic carbocycles. The minimum absolute atomic E-state index is 0.158. The van der Waals surface area contributed by atoms with Crippen molar-refractivity contribution in [2.24, 2.45) is 5.73 Å². The number of nitrogens with zero attached hydrogens (tertiary/aromatic N) is 2. The summed E-state index contributed by atoms with van der Waals surface area (Å²) in [6.45, 7) is 2.02. The number of fused-ring (bicyclic) bond motifs is 1. The average Bonchev–Trinajstić information content (AvgIpc) is 2.48. The number of rotatable bonds is 1. The number of nitrogens with two attached hydrogens (primary N) is 1. The van der Waals surface area contributed by atoms with E-state index >= 15 is 0 Å². The summed E-state index contributed by atoms with van der Waals surface area (Å²) in [4.78, 5) is 8.84. The summed E-state index contributed by atoms with van der Waals surface area (Å²) in [5, 5.41) is 0.866. The molecule has 3 nitrogen and oxygen atoms in total. The first kappa shape index (κ1) is 8.97. The van der Waals surface area contributed by atoms with E-state index in [0.29, 0.717) is 0 Å². The monoisotopic (exact) mass is 195 g/mol. The van der Waals surface area contributed by atoms with Gasteiger partial charge in [0, 0.05) is 17.3 Å². The summed E-state index contributed by atoms with van der Waals surface area (Å²) < 4.78 is 0. The lowest BCUT2D eigenvalue weighted by Gasteiger charge is -2.08. The first-order valence-electron chi connectivity index (χ1n) is 4.39. The van der Waals surface area contributed by atoms with Gasteiger partial charge < -0.3 is 5.73 Å². The highest BCUT2D eigenvalue weighted by Gasteiger charge is 2.23. The Kier molecular flexibility index (Phi) is 2.26. The summed E-state index contributed by atoms with van der Waals surface area (Å²) in [6, 6.07) is 0.158. The minimum Gasteiger partial charge on any atom is -0.324 e. The Balaban J connectivity index is 2.53. The largest absolute Gasteiger partial charge is 0.324 e. The molecule has 0 spiro atoms. The molecule has 0 saturated carbocycles. The van der Waals surface area contributed by atoms with Gasteiger partial charge in [0.15, 0.2) is 5.16 Å². The summed E-state index contributed by atoms with van der Waals surface area (Å²) in [6.07, 6.45) is 4.02. The first-order chi connectivity index (χ1) is 6.22. The fraction of sp³-hybridized carbons (Fsp3) is 0.556. The van der Waals surface area contributed by atoms with Crippen LogP contribution in [0.5, 0.6) is 0 Å². The van der Waals surface area contributed by atoms with Crippen molar-refractivity contribution >= 4 is 11.8 Å². The van der Waals surface area contributed by atoms with Gasteiger partial charge in [-0.1, -0.05) is 11.8 Å². The van der Waals surface area contributed by atoms with Crippen LogP contribution in [0.25, 0.3) is 0 Å². The quantitative estimate of drug-likeness (QED) is 0.544. The van der Waals surface area contributed by atoms with E-state index in [4.69, 9.17) is 5.73 Å². The van der Waals surface area contributed by atoms with E-state index in [2.05, 4.69) is 9.97 Å². The zero-order valence-corrected chi connectivity index (χ0v) is 8.69. The molecular formula is C9H13N3S. The van der Waals surface area contributed by atoms with Crippen LogP contribution >= 0.6 is 11.8 Å². The van der Waals surface area contributed by atoms with Gasteiger partial charge in [-0.25, -0.2) is 9.97 Å². The molecule has 1 heterocycles. The van der Waals surface area contributed by atoms with E-state index in [1.54, 1.807) is 11.8 Å². The van der Waals surface area contributed by atoms with E-state index in [9.17, 15) is 0 Å². The second-order valence-corrected chi connectivity index (χ2v) is 4.07. The van der Waals surface area contributed by atoms with Crippen molar-refractivity contribution < 1.29 is 0 Å². The van der Waals surface area contributed by atoms with Crippen LogP contribution in [-0.4, -0.2) is 16.2 Å². The fourth-order valence-electron chi connectivity index (χ4n) is 1.81. The second kappa shape index (κ2) is 3.27. The molecule has 0 aliphatic heterocycles. The van der Waals surface area contributed by atoms with Gasteiger partial charge in [-0.2, -0.15) is 0 Å². The third-order valence-corrected chi connectivity index (χ3v) is 2.99. The maximum absolute atomic E-state index is 5.95. The van der Waals surface area contributed by atoms with E-state index in [0.717, 1.165) is 29.4 Å². The molecule has 0 bridgehead atoms. The molecule has 2 rings (SSSR count). The zero-order valence-electron chi connectivity index (χ0n) is 7.87. The van der Waals surface area contributed by atoms with Gasteiger partial charge in [-0.3, -0.25) is 0 Å². The molecule has 1 aliphatic carbocycles. The van der Waals surface area contributed by atoms with Crippen molar-refractivity contribution in [3.8, 4) is 0 Å². The predicted octanol–water partition coefficient (Wildman–Crippen LogP) is 1.45. The molecule has 1 unspecified atom stereocenters. The molecule has 13 heavy (non-hydrogen) atoms. The Morgan fingerprint density at radius 2 is 2.23 bits per heavy atom. The lowest BCUT2D eigenvalue weighted by Crippen LogP contribution is -2.09. The van der Waals surface area contributed by atoms with Crippen molar-refractivity contribution in [2.45, 2.75) is 31.0 Å². The number of hydrogen-bond donors (Lipinski definition) is 1. The van der Waals surface area contributed by atoms with Crippen LogP contribution in [0.3, 0.4) is 0 Å². The maximum Gasteiger partial charge on any atom is 0.187 e. The van der Waals surface area contributed by atoms with Crippen molar-refractivity contribution in [2.75, 3.05) is 6.26 Å². The van der Waals surface area contributed by atoms with E-state index in [1.807, 2.05) is 13.2 Å². The van der Waals surface area contributed by atoms with E-state index in [1.165, 1.54) is 5.56 Å². The summed E-state index contributed by atoms with van der Waals surface area (Å²) >= 11 is 1.59. The number of aromatic nitrogens is 2. The molecule has 0 radical (unpaired) electrons. The van der Waals surface area contributed by atoms with Crippen LogP contribution in [0.2, 0.25) is 0 Å². The summed E-state index contributed by atoms with van der Waals surface area (Å²) in [5.41, 5.74) is 9.34. The molecule has 1 aromatic rings. The van der Waals surface area contributed by atoms with E-state index in [-0.39, 0.29) is 6.04 Å². The van der Waals surface area contributed by atoms with Gasteiger partial charge in [0.2, 0.25) is 0 Å². The lowest BCUT2D eigenvalue weighted by molar-refractivity contribution is 0.707. The highest BCUT2D eigenvalue weighted by molar-refractivity contribution is 7.98. The third kappa shape index (κ3) is 1.44. The number of thioether (sulfide) groups is 1. The molecule has 0 amide bonds. The Hall–Kier alpha value is -0.610. The van der Waals surface area contributed by atoms with Crippen LogP contribution in [0.15, 0.2) is 5.16 Å². The molecule has 2 N–H and O–H groups in total. The molecule has 0 saturated heterocycles. The van der Waals surface area contributed by atoms with Crippen molar-refractivity contribution in [3.63, 3.8) is 0 Å². The van der Waals surface area contributed by atoms with Gasteiger partial charge in [0.1, 0.15) is 0 Å². The van der Waals surface area contributed by atoms with Crippen molar-refractivity contribution in [1.82, 2.24) is 9.97 Å². The fourth-order valence-corrected chi connectivity index (χ4v) is 2.24. The molecule has 1 aromatic heterocycles. The molecule has 0 fully saturated rings. The standard InChI is InChI=1S/C9H13N3S/c1-5-8-6(10)3-4-7(8)12-9(11-5)13-2/h6H,3-4,10H2,1-2H3. The Morgan fingerprint density at radius 3 is 2.92 bits per heavy atom. The lowest BCUT2D eigenvalue weighted by atomic mass is 10.1. The van der Waals surface area contributed by atoms with Gasteiger partial charge in [0.05, 0.1) is 5.69 Å². The van der Waals surface area contributed by atoms with Crippen molar-refractivity contribution in [3.05, 3.63) is 17.0 Å². The van der Waals surface area contributed by atoms with Crippen molar-refractivity contribution in [1.29, 1.82) is 0 Å². The second-order valence-electron chi connectivity index (χ2n) is 3.30. The average molecular weight is 195 g/mol. The smallest absolute Gasteiger partial charge is 0.187 e. The minimum atomic E-state index is 0.158. The normalized spacial score (nSPS) is 20.4. The zero-order chi connectivity index (χ0) is 9.42. The van der Waals surface area contributed by atoms with Gasteiger partial charge >= 0.3 is 0 Å². The van der Waals surface area contributed by atoms with Crippen LogP contribution < -0.4 is 5.73 Å². The number of aryl methyl sites for hydroxylation is 2. The van der Waals surface area contributed by atoms with Gasteiger partial charge in [-0.05, 0) is 26.0 Å². The molecule has 1 aliphatic rings. The van der Waals surface area contributed by atoms with Crippen LogP contribution in [0.1, 0.15) is 29.4 Å². The van der Waals surface area contributed by atoms with E-state index < -0.39 is 0 Å². The molecule has 70 valence electrons. The Labute approximate surface area is 82.2 Å². The maximum atomic E-state index is 5.95. The summed E-state index contributed by atoms with van der Waals surface area (Å²) in [7, 11) is 0. The predicted molar refractivity (Wildman–Crippen MR) is 53.8 cm³/mol. The topological polar surface area (TPSA) is 51.8 Å². The van der Waals surface area contributed by atoms with Gasteiger partial charge in [-0.15, -0.1) is 0 Å². The molecular weight excluding hydrogens is 182 g/mol. The number of hydrogen-bond acceptors (Lipinski definition) is 4. The van der Waals surface area contributed by atoms with Crippen LogP contribution in [0, 0.1) is 6.92 Å². The molecule has 4 heteroatoms.